The number of benzene rings is 4. The van der Waals surface area contributed by atoms with Crippen LogP contribution in [0.5, 0.6) is 0 Å². The van der Waals surface area contributed by atoms with E-state index in [1.807, 2.05) is 24.4 Å². The van der Waals surface area contributed by atoms with Crippen LogP contribution in [0.4, 0.5) is 22.9 Å². The van der Waals surface area contributed by atoms with Crippen molar-refractivity contribution < 1.29 is 22.4 Å². The minimum atomic E-state index is 0. The quantitative estimate of drug-likeness (QED) is 0.131. The summed E-state index contributed by atoms with van der Waals surface area (Å²) in [7, 11) is 0. The van der Waals surface area contributed by atoms with Crippen molar-refractivity contribution in [3.63, 3.8) is 0 Å². The number of fused-ring (bicyclic) bond motifs is 4. The molecule has 0 saturated carbocycles. The normalized spacial score (nSPS) is 12.6. The second-order valence-electron chi connectivity index (χ2n) is 12.9. The number of hydrogen-bond acceptors (Lipinski definition) is 1. The fraction of sp³-hybridized carbons (Fsp3) is 0.211. The van der Waals surface area contributed by atoms with Crippen LogP contribution in [0, 0.1) is 0 Å². The van der Waals surface area contributed by atoms with Crippen LogP contribution in [0.3, 0.4) is 0 Å². The number of rotatable bonds is 2. The molecule has 218 valence electrons. The van der Waals surface area contributed by atoms with Gasteiger partial charge in [-0.3, -0.25) is 0 Å². The second-order valence-corrected chi connectivity index (χ2v) is 12.9. The molecule has 0 amide bonds. The second kappa shape index (κ2) is 11.9. The molecule has 6 aromatic rings. The molecule has 0 bridgehead atoms. The average molecular weight is 747 g/mol. The average Bonchev–Trinajstić information content (AvgIpc) is 3.56. The summed E-state index contributed by atoms with van der Waals surface area (Å²) in [5.74, 6) is 0.903. The number of para-hydroxylation sites is 2. The zero-order valence-electron chi connectivity index (χ0n) is 25.6. The van der Waals surface area contributed by atoms with Gasteiger partial charge in [-0.25, -0.2) is 0 Å². The first-order valence-corrected chi connectivity index (χ1v) is 14.5. The van der Waals surface area contributed by atoms with E-state index < -0.39 is 0 Å². The van der Waals surface area contributed by atoms with E-state index in [2.05, 4.69) is 158 Å². The van der Waals surface area contributed by atoms with Crippen molar-refractivity contribution in [3.8, 4) is 0 Å². The van der Waals surface area contributed by atoms with E-state index in [-0.39, 0.29) is 33.2 Å². The van der Waals surface area contributed by atoms with Crippen molar-refractivity contribution in [2.24, 2.45) is 0 Å². The van der Waals surface area contributed by atoms with Crippen molar-refractivity contribution in [1.82, 2.24) is 19.1 Å². The number of hydrogen-bond donors (Lipinski definition) is 0. The zero-order valence-corrected chi connectivity index (χ0v) is 27.7. The minimum absolute atomic E-state index is 0. The van der Waals surface area contributed by atoms with Gasteiger partial charge in [-0.2, -0.15) is 4.98 Å². The van der Waals surface area contributed by atoms with Crippen LogP contribution in [-0.4, -0.2) is 11.0 Å². The first-order valence-electron chi connectivity index (χ1n) is 14.5. The summed E-state index contributed by atoms with van der Waals surface area (Å²) in [4.78, 5) is 9.19. The minimum Gasteiger partial charge on any atom is -0.657 e. The topological polar surface area (TPSA) is 33.0 Å². The van der Waals surface area contributed by atoms with Crippen LogP contribution in [0.2, 0.25) is 0 Å². The van der Waals surface area contributed by atoms with Gasteiger partial charge in [-0.15, -0.1) is 11.0 Å². The van der Waals surface area contributed by atoms with Crippen LogP contribution >= 0.6 is 0 Å². The van der Waals surface area contributed by atoms with E-state index in [1.165, 1.54) is 21.9 Å². The Bertz CT molecular complexity index is 1860. The Morgan fingerprint density at radius 3 is 1.63 bits per heavy atom. The van der Waals surface area contributed by atoms with Crippen molar-refractivity contribution in [3.05, 3.63) is 127 Å². The summed E-state index contributed by atoms with van der Waals surface area (Å²) >= 11 is 0. The fourth-order valence-electron chi connectivity index (χ4n) is 5.26. The zero-order chi connectivity index (χ0) is 29.5. The predicted molar refractivity (Wildman–Crippen MR) is 177 cm³/mol. The van der Waals surface area contributed by atoms with Gasteiger partial charge in [-0.1, -0.05) is 114 Å². The molecule has 0 aliphatic carbocycles. The standard InChI is InChI=1S/C26H29N3.C12H8N.Au/c1-25(2,3)19-10-7-12-21(16-19)28-18-29(24-23(28)14-9-15-27-24)22-13-8-11-20(17-22)26(4,5)6;1-3-7-11-9(5-1)10-6-2-4-8-12(10)13-11;/h7-17H,1-6H3;1-8H;/q+2;-1;+1. The summed E-state index contributed by atoms with van der Waals surface area (Å²) in [6.07, 6.45) is 1.84. The van der Waals surface area contributed by atoms with Crippen LogP contribution in [0.25, 0.3) is 21.8 Å². The molecule has 3 heterocycles. The molecule has 4 aromatic carbocycles. The molecule has 0 saturated heterocycles. The molecule has 1 aliphatic heterocycles. The molecular weight excluding hydrogens is 709 g/mol. The first kappa shape index (κ1) is 30.4. The summed E-state index contributed by atoms with van der Waals surface area (Å²) in [5.41, 5.74) is 8.16. The van der Waals surface area contributed by atoms with E-state index in [9.17, 15) is 0 Å². The fourth-order valence-corrected chi connectivity index (χ4v) is 5.26. The van der Waals surface area contributed by atoms with Crippen molar-refractivity contribution in [2.45, 2.75) is 52.4 Å². The molecule has 0 radical (unpaired) electrons. The van der Waals surface area contributed by atoms with Gasteiger partial charge in [0.1, 0.15) is 0 Å². The van der Waals surface area contributed by atoms with Gasteiger partial charge in [0.05, 0.1) is 0 Å². The molecule has 43 heavy (non-hydrogen) atoms. The van der Waals surface area contributed by atoms with E-state index in [0.717, 1.165) is 33.9 Å². The maximum atomic E-state index is 4.68. The Balaban J connectivity index is 0.000000218. The SMILES string of the molecule is CC(C)(C)c1cccc([N+]2=C=[N+](c3cccc(C(C)(C)C)c3)c3ncccc32)c1.[Au+].c1ccc2c(c1)[n-]c1ccccc12. The molecule has 1 aliphatic rings. The van der Waals surface area contributed by atoms with Crippen LogP contribution < -0.4 is 14.1 Å². The van der Waals surface area contributed by atoms with E-state index >= 15 is 0 Å². The molecule has 5 heteroatoms. The van der Waals surface area contributed by atoms with Crippen molar-refractivity contribution in [2.75, 3.05) is 0 Å². The maximum Gasteiger partial charge on any atom is 1.00 e. The van der Waals surface area contributed by atoms with E-state index in [4.69, 9.17) is 0 Å². The third-order valence-corrected chi connectivity index (χ3v) is 7.70. The number of nitrogens with zero attached hydrogens (tertiary/aromatic N) is 4. The summed E-state index contributed by atoms with van der Waals surface area (Å²) in [6, 6.07) is 41.5. The molecule has 7 rings (SSSR count). The molecule has 0 spiro atoms. The van der Waals surface area contributed by atoms with Gasteiger partial charge in [0.25, 0.3) is 0 Å². The number of pyridine rings is 1. The van der Waals surface area contributed by atoms with Gasteiger partial charge in [0.15, 0.2) is 0 Å². The van der Waals surface area contributed by atoms with Gasteiger partial charge in [-0.05, 0) is 47.9 Å². The Labute approximate surface area is 270 Å². The van der Waals surface area contributed by atoms with Crippen LogP contribution in [0.1, 0.15) is 52.7 Å². The van der Waals surface area contributed by atoms with E-state index in [1.54, 1.807) is 0 Å². The number of aromatic nitrogens is 2. The summed E-state index contributed by atoms with van der Waals surface area (Å²) in [6.45, 7) is 13.4. The largest absolute Gasteiger partial charge is 1.00 e. The van der Waals surface area contributed by atoms with E-state index in [0.29, 0.717) is 0 Å². The van der Waals surface area contributed by atoms with Crippen LogP contribution in [-0.2, 0) is 33.2 Å². The van der Waals surface area contributed by atoms with Gasteiger partial charge in [0, 0.05) is 36.5 Å². The Morgan fingerprint density at radius 1 is 0.581 bits per heavy atom. The Hall–Kier alpha value is -4.05. The van der Waals surface area contributed by atoms with Crippen molar-refractivity contribution >= 4 is 50.7 Å². The summed E-state index contributed by atoms with van der Waals surface area (Å²) in [5, 5.41) is 2.50. The monoisotopic (exact) mass is 746 g/mol. The van der Waals surface area contributed by atoms with Crippen molar-refractivity contribution in [1.29, 1.82) is 0 Å². The van der Waals surface area contributed by atoms with Gasteiger partial charge < -0.3 is 4.98 Å². The molecule has 0 unspecified atom stereocenters. The van der Waals surface area contributed by atoms with Crippen LogP contribution in [0.15, 0.2) is 115 Å². The predicted octanol–water partition coefficient (Wildman–Crippen LogP) is 9.48. The molecule has 0 atom stereocenters. The smallest absolute Gasteiger partial charge is 0.657 e. The summed E-state index contributed by atoms with van der Waals surface area (Å²) < 4.78 is 4.18. The Morgan fingerprint density at radius 2 is 1.09 bits per heavy atom. The molecular formula is C38H37AuN4+2. The van der Waals surface area contributed by atoms with Gasteiger partial charge >= 0.3 is 39.9 Å². The Kier molecular flexibility index (Phi) is 8.42. The van der Waals surface area contributed by atoms with Gasteiger partial charge in [0.2, 0.25) is 11.4 Å². The third kappa shape index (κ3) is 6.20. The molecule has 0 N–H and O–H groups in total. The maximum absolute atomic E-state index is 4.68. The first-order chi connectivity index (χ1) is 20.1. The molecule has 0 fully saturated rings. The third-order valence-electron chi connectivity index (χ3n) is 7.70. The molecule has 4 nitrogen and oxygen atoms in total. The molecule has 2 aromatic heterocycles.